The first kappa shape index (κ1) is 11.8. The molecule has 0 bridgehead atoms. The summed E-state index contributed by atoms with van der Waals surface area (Å²) < 4.78 is 0. The van der Waals surface area contributed by atoms with Crippen molar-refractivity contribution in [2.24, 2.45) is 0 Å². The lowest BCUT2D eigenvalue weighted by molar-refractivity contribution is 0.571. The largest absolute Gasteiger partial charge is 0.356 e. The number of nitriles is 1. The maximum Gasteiger partial charge on any atom is 0.146 e. The maximum atomic E-state index is 8.99. The predicted molar refractivity (Wildman–Crippen MR) is 66.8 cm³/mol. The average Bonchev–Trinajstić information content (AvgIpc) is 2.40. The fourth-order valence-corrected chi connectivity index (χ4v) is 2.16. The topological polar surface area (TPSA) is 52.8 Å². The molecule has 1 fully saturated rings. The SMILES string of the molecule is CCCc1nc(C#N)cc(N2CCCCC2)n1. The molecular weight excluding hydrogens is 212 g/mol. The van der Waals surface area contributed by atoms with E-state index in [0.29, 0.717) is 5.69 Å². The highest BCUT2D eigenvalue weighted by molar-refractivity contribution is 5.43. The molecule has 1 saturated heterocycles. The van der Waals surface area contributed by atoms with Gasteiger partial charge in [-0.15, -0.1) is 0 Å². The van der Waals surface area contributed by atoms with Gasteiger partial charge in [0, 0.05) is 25.6 Å². The molecule has 90 valence electrons. The molecule has 0 unspecified atom stereocenters. The minimum Gasteiger partial charge on any atom is -0.356 e. The van der Waals surface area contributed by atoms with Gasteiger partial charge < -0.3 is 4.90 Å². The number of rotatable bonds is 3. The van der Waals surface area contributed by atoms with Crippen LogP contribution in [0.2, 0.25) is 0 Å². The second-order valence-corrected chi connectivity index (χ2v) is 4.44. The first-order chi connectivity index (χ1) is 8.33. The molecule has 0 saturated carbocycles. The van der Waals surface area contributed by atoms with Crippen molar-refractivity contribution in [1.29, 1.82) is 5.26 Å². The van der Waals surface area contributed by atoms with Crippen molar-refractivity contribution in [3.63, 3.8) is 0 Å². The van der Waals surface area contributed by atoms with Crippen LogP contribution in [0.3, 0.4) is 0 Å². The summed E-state index contributed by atoms with van der Waals surface area (Å²) in [5, 5.41) is 8.99. The number of hydrogen-bond donors (Lipinski definition) is 0. The fraction of sp³-hybridized carbons (Fsp3) is 0.615. The second kappa shape index (κ2) is 5.62. The second-order valence-electron chi connectivity index (χ2n) is 4.44. The molecule has 1 aliphatic rings. The van der Waals surface area contributed by atoms with E-state index in [2.05, 4.69) is 27.9 Å². The smallest absolute Gasteiger partial charge is 0.146 e. The van der Waals surface area contributed by atoms with Gasteiger partial charge in [-0.1, -0.05) is 6.92 Å². The Morgan fingerprint density at radius 1 is 1.29 bits per heavy atom. The van der Waals surface area contributed by atoms with E-state index in [4.69, 9.17) is 5.26 Å². The summed E-state index contributed by atoms with van der Waals surface area (Å²) >= 11 is 0. The Kier molecular flexibility index (Phi) is 3.92. The summed E-state index contributed by atoms with van der Waals surface area (Å²) in [6.07, 6.45) is 5.59. The monoisotopic (exact) mass is 230 g/mol. The summed E-state index contributed by atoms with van der Waals surface area (Å²) in [6, 6.07) is 3.94. The van der Waals surface area contributed by atoms with Crippen molar-refractivity contribution in [3.05, 3.63) is 17.6 Å². The zero-order valence-corrected chi connectivity index (χ0v) is 10.3. The van der Waals surface area contributed by atoms with Crippen LogP contribution in [0.15, 0.2) is 6.07 Å². The molecule has 0 N–H and O–H groups in total. The molecule has 17 heavy (non-hydrogen) atoms. The minimum absolute atomic E-state index is 0.490. The van der Waals surface area contributed by atoms with Crippen LogP contribution in [0.5, 0.6) is 0 Å². The van der Waals surface area contributed by atoms with Crippen LogP contribution < -0.4 is 4.90 Å². The van der Waals surface area contributed by atoms with Gasteiger partial charge in [0.05, 0.1) is 0 Å². The lowest BCUT2D eigenvalue weighted by Gasteiger charge is -2.27. The number of aromatic nitrogens is 2. The molecule has 2 heterocycles. The summed E-state index contributed by atoms with van der Waals surface area (Å²) in [5.41, 5.74) is 0.490. The van der Waals surface area contributed by atoms with Crippen LogP contribution in [-0.4, -0.2) is 23.1 Å². The molecule has 4 heteroatoms. The number of aryl methyl sites for hydroxylation is 1. The molecule has 0 radical (unpaired) electrons. The molecule has 4 nitrogen and oxygen atoms in total. The Bertz CT molecular complexity index is 416. The Morgan fingerprint density at radius 3 is 2.71 bits per heavy atom. The van der Waals surface area contributed by atoms with Crippen molar-refractivity contribution in [2.75, 3.05) is 18.0 Å². The van der Waals surface area contributed by atoms with Gasteiger partial charge in [-0.05, 0) is 25.7 Å². The van der Waals surface area contributed by atoms with Gasteiger partial charge in [-0.3, -0.25) is 0 Å². The molecule has 1 aliphatic heterocycles. The third-order valence-corrected chi connectivity index (χ3v) is 3.03. The standard InChI is InChI=1S/C13H18N4/c1-2-6-12-15-11(10-14)9-13(16-12)17-7-4-3-5-8-17/h9H,2-8H2,1H3. The molecule has 1 aromatic rings. The highest BCUT2D eigenvalue weighted by Crippen LogP contribution is 2.18. The van der Waals surface area contributed by atoms with Gasteiger partial charge in [0.2, 0.25) is 0 Å². The van der Waals surface area contributed by atoms with Crippen molar-refractivity contribution in [1.82, 2.24) is 9.97 Å². The molecule has 1 aromatic heterocycles. The number of hydrogen-bond acceptors (Lipinski definition) is 4. The molecule has 0 aliphatic carbocycles. The van der Waals surface area contributed by atoms with E-state index in [1.54, 1.807) is 0 Å². The number of piperidine rings is 1. The van der Waals surface area contributed by atoms with E-state index in [0.717, 1.165) is 37.6 Å². The fourth-order valence-electron chi connectivity index (χ4n) is 2.16. The van der Waals surface area contributed by atoms with E-state index in [1.165, 1.54) is 19.3 Å². The van der Waals surface area contributed by atoms with Crippen LogP contribution in [0.1, 0.15) is 44.1 Å². The Morgan fingerprint density at radius 2 is 2.06 bits per heavy atom. The minimum atomic E-state index is 0.490. The van der Waals surface area contributed by atoms with Crippen LogP contribution in [0, 0.1) is 11.3 Å². The maximum absolute atomic E-state index is 8.99. The molecule has 2 rings (SSSR count). The first-order valence-electron chi connectivity index (χ1n) is 6.36. The van der Waals surface area contributed by atoms with Crippen molar-refractivity contribution < 1.29 is 0 Å². The highest BCUT2D eigenvalue weighted by atomic mass is 15.2. The highest BCUT2D eigenvalue weighted by Gasteiger charge is 2.14. The van der Waals surface area contributed by atoms with Gasteiger partial charge in [0.15, 0.2) is 0 Å². The summed E-state index contributed by atoms with van der Waals surface area (Å²) in [6.45, 7) is 4.20. The Labute approximate surface area is 102 Å². The number of nitrogens with zero attached hydrogens (tertiary/aromatic N) is 4. The average molecular weight is 230 g/mol. The summed E-state index contributed by atoms with van der Waals surface area (Å²) in [7, 11) is 0. The molecule has 0 spiro atoms. The van der Waals surface area contributed by atoms with E-state index < -0.39 is 0 Å². The summed E-state index contributed by atoms with van der Waals surface area (Å²) in [4.78, 5) is 11.1. The van der Waals surface area contributed by atoms with Crippen LogP contribution >= 0.6 is 0 Å². The molecular formula is C13H18N4. The predicted octanol–water partition coefficient (Wildman–Crippen LogP) is 2.29. The van der Waals surface area contributed by atoms with Crippen LogP contribution in [0.25, 0.3) is 0 Å². The zero-order chi connectivity index (χ0) is 12.1. The van der Waals surface area contributed by atoms with Gasteiger partial charge in [0.1, 0.15) is 23.4 Å². The van der Waals surface area contributed by atoms with E-state index in [-0.39, 0.29) is 0 Å². The van der Waals surface area contributed by atoms with E-state index in [9.17, 15) is 0 Å². The van der Waals surface area contributed by atoms with Gasteiger partial charge in [-0.25, -0.2) is 9.97 Å². The first-order valence-corrected chi connectivity index (χ1v) is 6.36. The lowest BCUT2D eigenvalue weighted by Crippen LogP contribution is -2.30. The Balaban J connectivity index is 2.25. The Hall–Kier alpha value is -1.63. The van der Waals surface area contributed by atoms with Gasteiger partial charge >= 0.3 is 0 Å². The van der Waals surface area contributed by atoms with Crippen LogP contribution in [0.4, 0.5) is 5.82 Å². The van der Waals surface area contributed by atoms with Crippen molar-refractivity contribution in [3.8, 4) is 6.07 Å². The summed E-state index contributed by atoms with van der Waals surface area (Å²) in [5.74, 6) is 1.73. The van der Waals surface area contributed by atoms with E-state index >= 15 is 0 Å². The third kappa shape index (κ3) is 2.94. The number of anilines is 1. The molecule has 0 aromatic carbocycles. The quantitative estimate of drug-likeness (QED) is 0.799. The van der Waals surface area contributed by atoms with Crippen LogP contribution in [-0.2, 0) is 6.42 Å². The molecule has 0 amide bonds. The third-order valence-electron chi connectivity index (χ3n) is 3.03. The lowest BCUT2D eigenvalue weighted by atomic mass is 10.1. The molecule has 0 atom stereocenters. The zero-order valence-electron chi connectivity index (χ0n) is 10.3. The van der Waals surface area contributed by atoms with Gasteiger partial charge in [0.25, 0.3) is 0 Å². The van der Waals surface area contributed by atoms with Crippen molar-refractivity contribution in [2.45, 2.75) is 39.0 Å². The normalized spacial score (nSPS) is 15.6. The van der Waals surface area contributed by atoms with Gasteiger partial charge in [-0.2, -0.15) is 5.26 Å². The van der Waals surface area contributed by atoms with Crippen molar-refractivity contribution >= 4 is 5.82 Å². The van der Waals surface area contributed by atoms with E-state index in [1.807, 2.05) is 6.07 Å².